The van der Waals surface area contributed by atoms with Crippen molar-refractivity contribution in [1.29, 1.82) is 0 Å². The Morgan fingerprint density at radius 1 is 1.26 bits per heavy atom. The van der Waals surface area contributed by atoms with E-state index in [-0.39, 0.29) is 18.7 Å². The van der Waals surface area contributed by atoms with Crippen LogP contribution in [0.5, 0.6) is 11.5 Å². The van der Waals surface area contributed by atoms with Crippen molar-refractivity contribution < 1.29 is 14.3 Å². The molecule has 1 saturated heterocycles. The summed E-state index contributed by atoms with van der Waals surface area (Å²) in [6.07, 6.45) is 5.28. The number of nitrogens with zero attached hydrogens (tertiary/aromatic N) is 1. The van der Waals surface area contributed by atoms with E-state index in [9.17, 15) is 4.79 Å². The van der Waals surface area contributed by atoms with Gasteiger partial charge in [-0.3, -0.25) is 4.79 Å². The summed E-state index contributed by atoms with van der Waals surface area (Å²) in [6, 6.07) is 10.2. The topological polar surface area (TPSA) is 54.6 Å². The van der Waals surface area contributed by atoms with Crippen LogP contribution in [0.15, 0.2) is 36.5 Å². The largest absolute Gasteiger partial charge is 0.454 e. The number of H-pyrrole nitrogens is 1. The maximum Gasteiger partial charge on any atom is 0.231 e. The molecule has 1 atom stereocenters. The molecule has 1 N–H and O–H groups in total. The first-order valence-corrected chi connectivity index (χ1v) is 8.12. The van der Waals surface area contributed by atoms with Gasteiger partial charge in [-0.25, -0.2) is 0 Å². The number of fused-ring (bicyclic) bond motifs is 1. The van der Waals surface area contributed by atoms with E-state index in [1.807, 2.05) is 35.4 Å². The lowest BCUT2D eigenvalue weighted by Gasteiger charge is -2.24. The zero-order valence-corrected chi connectivity index (χ0v) is 13.0. The molecule has 5 heteroatoms. The van der Waals surface area contributed by atoms with Crippen molar-refractivity contribution in [3.05, 3.63) is 47.8 Å². The van der Waals surface area contributed by atoms with E-state index in [1.165, 1.54) is 0 Å². The Morgan fingerprint density at radius 2 is 2.17 bits per heavy atom. The minimum atomic E-state index is 0.203. The van der Waals surface area contributed by atoms with Crippen LogP contribution in [-0.2, 0) is 11.2 Å². The third-order valence-electron chi connectivity index (χ3n) is 4.62. The number of benzene rings is 1. The first-order chi connectivity index (χ1) is 11.3. The Labute approximate surface area is 135 Å². The molecule has 23 heavy (non-hydrogen) atoms. The van der Waals surface area contributed by atoms with Gasteiger partial charge in [0.2, 0.25) is 12.7 Å². The van der Waals surface area contributed by atoms with Gasteiger partial charge in [0.05, 0.1) is 6.04 Å². The molecule has 120 valence electrons. The van der Waals surface area contributed by atoms with Crippen LogP contribution in [0.1, 0.15) is 36.6 Å². The summed E-state index contributed by atoms with van der Waals surface area (Å²) in [5, 5.41) is 0. The highest BCUT2D eigenvalue weighted by Gasteiger charge is 2.30. The number of aromatic nitrogens is 1. The monoisotopic (exact) mass is 312 g/mol. The molecule has 0 aliphatic carbocycles. The predicted molar refractivity (Wildman–Crippen MR) is 85.4 cm³/mol. The molecule has 5 nitrogen and oxygen atoms in total. The fraction of sp³-hybridized carbons (Fsp3) is 0.389. The van der Waals surface area contributed by atoms with E-state index < -0.39 is 0 Å². The number of nitrogens with one attached hydrogen (secondary N) is 1. The van der Waals surface area contributed by atoms with Crippen LogP contribution in [0.2, 0.25) is 0 Å². The van der Waals surface area contributed by atoms with Gasteiger partial charge >= 0.3 is 0 Å². The van der Waals surface area contributed by atoms with Crippen molar-refractivity contribution in [3.8, 4) is 11.5 Å². The van der Waals surface area contributed by atoms with Gasteiger partial charge < -0.3 is 19.4 Å². The molecule has 4 rings (SSSR count). The van der Waals surface area contributed by atoms with E-state index in [2.05, 4.69) is 11.1 Å². The highest BCUT2D eigenvalue weighted by molar-refractivity contribution is 5.77. The summed E-state index contributed by atoms with van der Waals surface area (Å²) in [5.41, 5.74) is 2.25. The van der Waals surface area contributed by atoms with E-state index >= 15 is 0 Å². The quantitative estimate of drug-likeness (QED) is 0.944. The molecule has 0 bridgehead atoms. The molecule has 2 aromatic rings. The second-order valence-corrected chi connectivity index (χ2v) is 6.06. The summed E-state index contributed by atoms with van der Waals surface area (Å²) in [5.74, 6) is 1.78. The van der Waals surface area contributed by atoms with Crippen molar-refractivity contribution in [2.45, 2.75) is 31.7 Å². The minimum absolute atomic E-state index is 0.203. The normalized spacial score (nSPS) is 19.3. The summed E-state index contributed by atoms with van der Waals surface area (Å²) < 4.78 is 10.7. The first-order valence-electron chi connectivity index (χ1n) is 8.12. The van der Waals surface area contributed by atoms with E-state index in [0.717, 1.165) is 48.6 Å². The molecule has 1 amide bonds. The Balaban J connectivity index is 1.40. The number of likely N-dealkylation sites (tertiary alicyclic amines) is 1. The number of aryl methyl sites for hydroxylation is 1. The average Bonchev–Trinajstić information content (AvgIpc) is 3.32. The van der Waals surface area contributed by atoms with Gasteiger partial charge in [0.25, 0.3) is 0 Å². The molecule has 0 spiro atoms. The van der Waals surface area contributed by atoms with Gasteiger partial charge in [0.1, 0.15) is 0 Å². The number of carbonyl (C=O) groups is 1. The number of amides is 1. The summed E-state index contributed by atoms with van der Waals surface area (Å²) in [4.78, 5) is 17.9. The number of aromatic amines is 1. The molecule has 0 unspecified atom stereocenters. The fourth-order valence-electron chi connectivity index (χ4n) is 3.43. The van der Waals surface area contributed by atoms with Crippen molar-refractivity contribution in [1.82, 2.24) is 9.88 Å². The third-order valence-corrected chi connectivity index (χ3v) is 4.62. The Kier molecular flexibility index (Phi) is 3.69. The van der Waals surface area contributed by atoms with Crippen LogP contribution < -0.4 is 9.47 Å². The molecule has 2 aliphatic rings. The van der Waals surface area contributed by atoms with Crippen molar-refractivity contribution in [2.75, 3.05) is 13.3 Å². The predicted octanol–water partition coefficient (Wildman–Crippen LogP) is 3.04. The average molecular weight is 312 g/mol. The second kappa shape index (κ2) is 5.99. The van der Waals surface area contributed by atoms with Crippen molar-refractivity contribution >= 4 is 5.91 Å². The maximum absolute atomic E-state index is 12.6. The summed E-state index contributed by atoms with van der Waals surface area (Å²) in [6.45, 7) is 1.13. The fourth-order valence-corrected chi connectivity index (χ4v) is 3.43. The molecular weight excluding hydrogens is 292 g/mol. The van der Waals surface area contributed by atoms with E-state index in [4.69, 9.17) is 9.47 Å². The highest BCUT2D eigenvalue weighted by Crippen LogP contribution is 2.34. The van der Waals surface area contributed by atoms with Crippen LogP contribution in [0.4, 0.5) is 0 Å². The Morgan fingerprint density at radius 3 is 3.04 bits per heavy atom. The van der Waals surface area contributed by atoms with Crippen molar-refractivity contribution in [3.63, 3.8) is 0 Å². The second-order valence-electron chi connectivity index (χ2n) is 6.06. The van der Waals surface area contributed by atoms with Crippen molar-refractivity contribution in [2.24, 2.45) is 0 Å². The standard InChI is InChI=1S/C18H20N2O3/c21-18(20-10-2-4-15(20)14-3-1-9-19-14)8-6-13-5-7-16-17(11-13)23-12-22-16/h1,3,5,7,9,11,15,19H,2,4,6,8,10,12H2/t15-/m1/s1. The Hall–Kier alpha value is -2.43. The highest BCUT2D eigenvalue weighted by atomic mass is 16.7. The molecule has 1 aromatic carbocycles. The van der Waals surface area contributed by atoms with Gasteiger partial charge in [-0.2, -0.15) is 0 Å². The van der Waals surface area contributed by atoms with Gasteiger partial charge in [0, 0.05) is 24.9 Å². The molecule has 0 radical (unpaired) electrons. The smallest absolute Gasteiger partial charge is 0.231 e. The van der Waals surface area contributed by atoms with Gasteiger partial charge in [0.15, 0.2) is 11.5 Å². The summed E-state index contributed by atoms with van der Waals surface area (Å²) in [7, 11) is 0. The maximum atomic E-state index is 12.6. The number of ether oxygens (including phenoxy) is 2. The zero-order valence-electron chi connectivity index (χ0n) is 13.0. The lowest BCUT2D eigenvalue weighted by molar-refractivity contribution is -0.132. The molecule has 2 aliphatic heterocycles. The number of hydrogen-bond acceptors (Lipinski definition) is 3. The van der Waals surface area contributed by atoms with Gasteiger partial charge in [-0.05, 0) is 49.1 Å². The van der Waals surface area contributed by atoms with Gasteiger partial charge in [-0.15, -0.1) is 0 Å². The SMILES string of the molecule is O=C(CCc1ccc2c(c1)OCO2)N1CCC[C@@H]1c1ccc[nH]1. The third kappa shape index (κ3) is 2.79. The molecular formula is C18H20N2O3. The molecule has 1 fully saturated rings. The number of hydrogen-bond donors (Lipinski definition) is 1. The van der Waals surface area contributed by atoms with Crippen LogP contribution >= 0.6 is 0 Å². The first kappa shape index (κ1) is 14.2. The van der Waals surface area contributed by atoms with Crippen LogP contribution in [0.25, 0.3) is 0 Å². The van der Waals surface area contributed by atoms with Crippen LogP contribution in [0.3, 0.4) is 0 Å². The molecule has 1 aromatic heterocycles. The number of rotatable bonds is 4. The lowest BCUT2D eigenvalue weighted by Crippen LogP contribution is -2.30. The lowest BCUT2D eigenvalue weighted by atomic mass is 10.1. The van der Waals surface area contributed by atoms with Crippen LogP contribution in [0, 0.1) is 0 Å². The van der Waals surface area contributed by atoms with E-state index in [0.29, 0.717) is 6.42 Å². The van der Waals surface area contributed by atoms with Crippen LogP contribution in [-0.4, -0.2) is 29.1 Å². The molecule has 3 heterocycles. The zero-order chi connectivity index (χ0) is 15.6. The minimum Gasteiger partial charge on any atom is -0.454 e. The van der Waals surface area contributed by atoms with Gasteiger partial charge in [-0.1, -0.05) is 6.07 Å². The Bertz CT molecular complexity index is 696. The summed E-state index contributed by atoms with van der Waals surface area (Å²) >= 11 is 0. The van der Waals surface area contributed by atoms with E-state index in [1.54, 1.807) is 0 Å². The molecule has 0 saturated carbocycles. The number of carbonyl (C=O) groups excluding carboxylic acids is 1.